The van der Waals surface area contributed by atoms with Crippen molar-refractivity contribution in [1.82, 2.24) is 30.6 Å². The van der Waals surface area contributed by atoms with Crippen LogP contribution in [0.2, 0.25) is 0 Å². The van der Waals surface area contributed by atoms with Gasteiger partial charge in [0.05, 0.1) is 29.6 Å². The Bertz CT molecular complexity index is 2120. The minimum Gasteiger partial charge on any atom is -0.352 e. The van der Waals surface area contributed by atoms with Crippen LogP contribution in [0.1, 0.15) is 37.8 Å². The van der Waals surface area contributed by atoms with Crippen molar-refractivity contribution in [3.63, 3.8) is 0 Å². The summed E-state index contributed by atoms with van der Waals surface area (Å²) >= 11 is 6.84. The maximum absolute atomic E-state index is 13.4. The van der Waals surface area contributed by atoms with E-state index in [9.17, 15) is 9.59 Å². The highest BCUT2D eigenvalue weighted by Gasteiger charge is 2.47. The minimum absolute atomic E-state index is 0.262. The van der Waals surface area contributed by atoms with Crippen molar-refractivity contribution in [3.05, 3.63) is 108 Å². The Hall–Kier alpha value is -4.76. The van der Waals surface area contributed by atoms with E-state index in [4.69, 9.17) is 9.97 Å². The maximum Gasteiger partial charge on any atom is 0.322 e. The number of hydrogen-bond acceptors (Lipinski definition) is 12. The highest BCUT2D eigenvalue weighted by atomic mass is 32.2. The van der Waals surface area contributed by atoms with Gasteiger partial charge >= 0.3 is 6.03 Å². The molecule has 2 aromatic carbocycles. The van der Waals surface area contributed by atoms with Gasteiger partial charge in [0, 0.05) is 34.3 Å². The number of urea groups is 1. The first kappa shape index (κ1) is 36.6. The maximum atomic E-state index is 13.4. The van der Waals surface area contributed by atoms with Crippen LogP contribution in [0.15, 0.2) is 116 Å². The zero-order chi connectivity index (χ0) is 37.0. The fourth-order valence-electron chi connectivity index (χ4n) is 6.20. The Morgan fingerprint density at radius 1 is 0.679 bits per heavy atom. The van der Waals surface area contributed by atoms with Crippen LogP contribution in [0.25, 0.3) is 21.1 Å². The fourth-order valence-corrected chi connectivity index (χ4v) is 10.5. The third-order valence-electron chi connectivity index (χ3n) is 8.66. The molecule has 1 aliphatic rings. The van der Waals surface area contributed by atoms with E-state index >= 15 is 0 Å². The molecule has 53 heavy (non-hydrogen) atoms. The summed E-state index contributed by atoms with van der Waals surface area (Å²) in [4.78, 5) is 48.9. The molecule has 270 valence electrons. The van der Waals surface area contributed by atoms with E-state index in [1.165, 1.54) is 29.3 Å². The molecule has 4 aromatic heterocycles. The molecule has 6 aromatic rings. The van der Waals surface area contributed by atoms with Crippen LogP contribution in [0.4, 0.5) is 16.7 Å². The molecule has 1 saturated heterocycles. The summed E-state index contributed by atoms with van der Waals surface area (Å²) in [5.74, 6) is 0.521. The van der Waals surface area contributed by atoms with Crippen molar-refractivity contribution in [1.29, 1.82) is 0 Å². The van der Waals surface area contributed by atoms with Gasteiger partial charge in [0.15, 0.2) is 0 Å². The van der Waals surface area contributed by atoms with Crippen LogP contribution < -0.4 is 21.3 Å². The second-order valence-corrected chi connectivity index (χ2v) is 17.8. The van der Waals surface area contributed by atoms with Crippen molar-refractivity contribution < 1.29 is 9.59 Å². The largest absolute Gasteiger partial charge is 0.352 e. The molecule has 14 heteroatoms. The van der Waals surface area contributed by atoms with Crippen LogP contribution in [-0.2, 0) is 4.79 Å². The number of hydrogen-bond donors (Lipinski definition) is 4. The van der Waals surface area contributed by atoms with E-state index in [1.807, 2.05) is 38.1 Å². The average Bonchev–Trinajstić information content (AvgIpc) is 3.86. The number of rotatable bonds is 14. The third kappa shape index (κ3) is 8.90. The van der Waals surface area contributed by atoms with E-state index in [0.717, 1.165) is 21.1 Å². The molecule has 0 radical (unpaired) electrons. The van der Waals surface area contributed by atoms with E-state index in [1.54, 1.807) is 58.6 Å². The summed E-state index contributed by atoms with van der Waals surface area (Å²) in [6.07, 6.45) is 4.06. The van der Waals surface area contributed by atoms with Gasteiger partial charge in [-0.1, -0.05) is 59.9 Å². The minimum atomic E-state index is -1.17. The molecule has 3 amide bonds. The molecular formula is C39H38N8O2S4. The van der Waals surface area contributed by atoms with Crippen LogP contribution in [-0.4, -0.2) is 49.5 Å². The summed E-state index contributed by atoms with van der Waals surface area (Å²) in [6.45, 7) is 8.14. The van der Waals surface area contributed by atoms with Crippen LogP contribution in [0, 0.1) is 13.8 Å². The number of aryl methyl sites for hydroxylation is 2. The van der Waals surface area contributed by atoms with E-state index in [0.29, 0.717) is 24.7 Å². The van der Waals surface area contributed by atoms with Gasteiger partial charge in [0.2, 0.25) is 11.9 Å². The summed E-state index contributed by atoms with van der Waals surface area (Å²) in [7, 11) is 0. The second kappa shape index (κ2) is 16.1. The Labute approximate surface area is 325 Å². The molecule has 2 unspecified atom stereocenters. The molecule has 1 aliphatic heterocycles. The van der Waals surface area contributed by atoms with Gasteiger partial charge < -0.3 is 16.0 Å². The first-order valence-electron chi connectivity index (χ1n) is 17.1. The molecule has 5 heterocycles. The first-order chi connectivity index (χ1) is 25.6. The number of carbonyl (C=O) groups excluding carboxylic acids is 2. The van der Waals surface area contributed by atoms with Crippen molar-refractivity contribution >= 4 is 70.0 Å². The highest BCUT2D eigenvalue weighted by Crippen LogP contribution is 2.40. The van der Waals surface area contributed by atoms with Crippen molar-refractivity contribution in [3.8, 4) is 21.1 Å². The lowest BCUT2D eigenvalue weighted by Crippen LogP contribution is -2.52. The van der Waals surface area contributed by atoms with Gasteiger partial charge in [-0.25, -0.2) is 24.7 Å². The predicted octanol–water partition coefficient (Wildman–Crippen LogP) is 9.30. The van der Waals surface area contributed by atoms with Gasteiger partial charge in [-0.15, -0.1) is 22.7 Å². The smallest absolute Gasteiger partial charge is 0.322 e. The SMILES string of the molecule is Cc1ccccc1Sc1ccc(-c2ccnc(NC(C)CC3(CC(C)Nc4nccc(-c5ccc(Sc6ccccc6C)s5)n4)NC(=O)NC3=O)n2)s1. The second-order valence-electron chi connectivity index (χ2n) is 13.0. The molecular weight excluding hydrogens is 741 g/mol. The van der Waals surface area contributed by atoms with Crippen molar-refractivity contribution in [2.45, 2.75) is 76.4 Å². The lowest BCUT2D eigenvalue weighted by atomic mass is 9.85. The molecule has 4 N–H and O–H groups in total. The molecule has 7 rings (SSSR count). The Balaban J connectivity index is 0.997. The number of aromatic nitrogens is 4. The number of imide groups is 1. The molecule has 0 saturated carbocycles. The predicted molar refractivity (Wildman–Crippen MR) is 216 cm³/mol. The molecule has 0 aliphatic carbocycles. The van der Waals surface area contributed by atoms with Crippen molar-refractivity contribution in [2.75, 3.05) is 10.6 Å². The standard InChI is InChI=1S/C39H38N8O2S4/c1-23-9-5-7-11-29(23)50-33-15-13-31(52-33)27-17-19-40-36(44-27)42-25(3)21-39(35(48)46-38(49)47-39)22-26(4)43-37-41-20-18-28(45-37)32-14-16-34(53-32)51-30-12-8-6-10-24(30)2/h5-20,25-26H,21-22H2,1-4H3,(H,40,42,44)(H,41,43,45)(H2,46,47,48,49). The number of anilines is 2. The van der Waals surface area contributed by atoms with Crippen molar-refractivity contribution in [2.24, 2.45) is 0 Å². The van der Waals surface area contributed by atoms with Crippen LogP contribution >= 0.6 is 46.2 Å². The lowest BCUT2D eigenvalue weighted by Gasteiger charge is -2.32. The number of carbonyl (C=O) groups is 2. The quantitative estimate of drug-likeness (QED) is 0.0793. The number of nitrogens with zero attached hydrogens (tertiary/aromatic N) is 4. The number of amides is 3. The van der Waals surface area contributed by atoms with Gasteiger partial charge in [-0.05, 0) is 100 Å². The molecule has 0 bridgehead atoms. The number of nitrogens with one attached hydrogen (secondary N) is 4. The van der Waals surface area contributed by atoms with Crippen LogP contribution in [0.5, 0.6) is 0 Å². The number of thiophene rings is 2. The summed E-state index contributed by atoms with van der Waals surface area (Å²) in [5, 5.41) is 12.1. The Kier molecular flexibility index (Phi) is 11.1. The normalized spacial score (nSPS) is 16.5. The number of benzene rings is 2. The summed E-state index contributed by atoms with van der Waals surface area (Å²) in [6, 6.07) is 27.8. The van der Waals surface area contributed by atoms with Gasteiger partial charge in [-0.2, -0.15) is 0 Å². The summed E-state index contributed by atoms with van der Waals surface area (Å²) < 4.78 is 2.35. The molecule has 10 nitrogen and oxygen atoms in total. The summed E-state index contributed by atoms with van der Waals surface area (Å²) in [5.41, 5.74) is 2.92. The zero-order valence-corrected chi connectivity index (χ0v) is 32.8. The van der Waals surface area contributed by atoms with E-state index < -0.39 is 11.6 Å². The van der Waals surface area contributed by atoms with E-state index in [-0.39, 0.29) is 18.0 Å². The lowest BCUT2D eigenvalue weighted by molar-refractivity contribution is -0.124. The highest BCUT2D eigenvalue weighted by molar-refractivity contribution is 8.01. The van der Waals surface area contributed by atoms with Crippen LogP contribution in [0.3, 0.4) is 0 Å². The van der Waals surface area contributed by atoms with Gasteiger partial charge in [0.25, 0.3) is 5.91 Å². The molecule has 1 fully saturated rings. The fraction of sp³-hybridized carbons (Fsp3) is 0.231. The monoisotopic (exact) mass is 778 g/mol. The Morgan fingerprint density at radius 2 is 1.15 bits per heavy atom. The molecule has 2 atom stereocenters. The third-order valence-corrected chi connectivity index (χ3v) is 13.5. The van der Waals surface area contributed by atoms with Gasteiger partial charge in [-0.3, -0.25) is 10.1 Å². The average molecular weight is 779 g/mol. The molecule has 0 spiro atoms. The topological polar surface area (TPSA) is 134 Å². The zero-order valence-electron chi connectivity index (χ0n) is 29.5. The Morgan fingerprint density at radius 3 is 1.58 bits per heavy atom. The van der Waals surface area contributed by atoms with Gasteiger partial charge in [0.1, 0.15) is 5.54 Å². The van der Waals surface area contributed by atoms with E-state index in [2.05, 4.69) is 106 Å². The first-order valence-corrected chi connectivity index (χ1v) is 20.4.